The van der Waals surface area contributed by atoms with E-state index >= 15 is 0 Å². The third-order valence-corrected chi connectivity index (χ3v) is 17.6. The van der Waals surface area contributed by atoms with Gasteiger partial charge in [-0.15, -0.1) is 0 Å². The maximum atomic E-state index is 10.3. The molecule has 0 radical (unpaired) electrons. The molecule has 39 heavy (non-hydrogen) atoms. The SMILES string of the molecule is CCCCCCCCCCCCCCCCCC(=O)O.CCOP(=S)(OCC)SCSP(=S)(OCC)OCC. The van der Waals surface area contributed by atoms with E-state index in [0.29, 0.717) is 37.9 Å². The number of carboxylic acids is 1. The van der Waals surface area contributed by atoms with E-state index in [4.69, 9.17) is 46.8 Å². The second-order valence-electron chi connectivity index (χ2n) is 9.04. The van der Waals surface area contributed by atoms with Crippen LogP contribution in [-0.4, -0.2) is 42.6 Å². The average Bonchev–Trinajstić information content (AvgIpc) is 2.87. The van der Waals surface area contributed by atoms with Crippen LogP contribution in [0.1, 0.15) is 137 Å². The predicted octanol–water partition coefficient (Wildman–Crippen LogP) is 11.3. The maximum Gasteiger partial charge on any atom is 0.303 e. The van der Waals surface area contributed by atoms with Crippen molar-refractivity contribution in [2.45, 2.75) is 137 Å². The summed E-state index contributed by atoms with van der Waals surface area (Å²) in [6.07, 6.45) is 20.2. The number of hydrogen-bond donors (Lipinski definition) is 1. The average molecular weight is 669 g/mol. The van der Waals surface area contributed by atoms with Gasteiger partial charge in [-0.3, -0.25) is 4.79 Å². The topological polar surface area (TPSA) is 74.2 Å². The molecule has 0 aliphatic heterocycles. The van der Waals surface area contributed by atoms with E-state index in [1.165, 1.54) is 106 Å². The zero-order valence-corrected chi connectivity index (χ0v) is 30.4. The summed E-state index contributed by atoms with van der Waals surface area (Å²) in [6, 6.07) is 0. The Hall–Kier alpha value is 1.31. The van der Waals surface area contributed by atoms with Gasteiger partial charge in [-0.05, 0) is 57.7 Å². The van der Waals surface area contributed by atoms with E-state index in [-0.39, 0.29) is 0 Å². The molecule has 0 atom stereocenters. The fourth-order valence-corrected chi connectivity index (χ4v) is 16.4. The minimum absolute atomic E-state index is 0.345. The number of rotatable bonds is 28. The molecule has 0 spiro atoms. The Morgan fingerprint density at radius 3 is 1.10 bits per heavy atom. The van der Waals surface area contributed by atoms with Crippen molar-refractivity contribution in [1.82, 2.24) is 0 Å². The van der Waals surface area contributed by atoms with Crippen molar-refractivity contribution in [3.8, 4) is 0 Å². The Labute approximate surface area is 259 Å². The van der Waals surface area contributed by atoms with Crippen molar-refractivity contribution in [1.29, 1.82) is 0 Å². The molecule has 12 heteroatoms. The van der Waals surface area contributed by atoms with Crippen molar-refractivity contribution in [2.24, 2.45) is 0 Å². The second kappa shape index (κ2) is 30.8. The first-order chi connectivity index (χ1) is 18.7. The minimum Gasteiger partial charge on any atom is -0.481 e. The van der Waals surface area contributed by atoms with Crippen LogP contribution < -0.4 is 0 Å². The van der Waals surface area contributed by atoms with Gasteiger partial charge in [0.2, 0.25) is 11.4 Å². The van der Waals surface area contributed by atoms with Gasteiger partial charge in [0.15, 0.2) is 0 Å². The van der Waals surface area contributed by atoms with Gasteiger partial charge in [-0.1, -0.05) is 120 Å². The fraction of sp³-hybridized carbons (Fsp3) is 0.963. The standard InChI is InChI=1S/C18H36O2.C9H22O4P2S4/c1-2-3-4-5-6-7-8-9-10-11-12-13-14-15-16-17-18(19)20;1-5-10-14(16,11-6-2)18-9-19-15(17,12-7-3)13-8-4/h2-17H2,1H3,(H,19,20);5-9H2,1-4H3. The molecule has 0 aliphatic carbocycles. The van der Waals surface area contributed by atoms with Crippen molar-refractivity contribution in [3.05, 3.63) is 0 Å². The summed E-state index contributed by atoms with van der Waals surface area (Å²) in [7, 11) is 0. The number of carbonyl (C=O) groups is 1. The summed E-state index contributed by atoms with van der Waals surface area (Å²) < 4.78 is 22.2. The molecule has 0 aromatic heterocycles. The smallest absolute Gasteiger partial charge is 0.303 e. The monoisotopic (exact) mass is 668 g/mol. The Morgan fingerprint density at radius 1 is 0.564 bits per heavy atom. The zero-order chi connectivity index (χ0) is 29.7. The number of carboxylic acid groups (broad SMARTS) is 1. The Morgan fingerprint density at radius 2 is 0.846 bits per heavy atom. The molecule has 0 heterocycles. The van der Waals surface area contributed by atoms with E-state index in [0.717, 1.165) is 12.8 Å². The maximum absolute atomic E-state index is 10.3. The van der Waals surface area contributed by atoms with Crippen molar-refractivity contribution < 1.29 is 28.0 Å². The van der Waals surface area contributed by atoms with Gasteiger partial charge in [0.05, 0.1) is 31.5 Å². The van der Waals surface area contributed by atoms with Crippen molar-refractivity contribution in [3.63, 3.8) is 0 Å². The van der Waals surface area contributed by atoms with E-state index in [2.05, 4.69) is 6.92 Å². The third-order valence-electron chi connectivity index (χ3n) is 5.56. The number of aliphatic carboxylic acids is 1. The van der Waals surface area contributed by atoms with Gasteiger partial charge >= 0.3 is 5.97 Å². The van der Waals surface area contributed by atoms with Crippen LogP contribution in [0.5, 0.6) is 0 Å². The fourth-order valence-electron chi connectivity index (χ4n) is 3.66. The molecule has 0 saturated heterocycles. The summed E-state index contributed by atoms with van der Waals surface area (Å²) in [4.78, 5) is 10.3. The van der Waals surface area contributed by atoms with Gasteiger partial charge in [0, 0.05) is 6.42 Å². The summed E-state index contributed by atoms with van der Waals surface area (Å²) in [5, 5.41) is 9.18. The first kappa shape index (κ1) is 42.4. The molecule has 0 unspecified atom stereocenters. The highest BCUT2D eigenvalue weighted by Crippen LogP contribution is 2.67. The lowest BCUT2D eigenvalue weighted by Gasteiger charge is -2.23. The summed E-state index contributed by atoms with van der Waals surface area (Å²) in [6.45, 7) is 12.2. The first-order valence-electron chi connectivity index (χ1n) is 15.0. The second-order valence-corrected chi connectivity index (χ2v) is 22.0. The molecule has 0 aromatic carbocycles. The van der Waals surface area contributed by atoms with Gasteiger partial charge in [-0.2, -0.15) is 0 Å². The van der Waals surface area contributed by atoms with Crippen LogP contribution in [0.15, 0.2) is 0 Å². The van der Waals surface area contributed by atoms with Crippen LogP contribution in [0.2, 0.25) is 0 Å². The first-order valence-corrected chi connectivity index (χ1v) is 23.5. The van der Waals surface area contributed by atoms with E-state index in [9.17, 15) is 4.79 Å². The molecule has 0 saturated carbocycles. The summed E-state index contributed by atoms with van der Waals surface area (Å²) >= 11 is 13.9. The molecule has 6 nitrogen and oxygen atoms in total. The van der Waals surface area contributed by atoms with Gasteiger partial charge in [0.1, 0.15) is 0 Å². The van der Waals surface area contributed by atoms with Crippen LogP contribution >= 0.6 is 34.2 Å². The number of unbranched alkanes of at least 4 members (excludes halogenated alkanes) is 14. The lowest BCUT2D eigenvalue weighted by atomic mass is 10.0. The zero-order valence-electron chi connectivity index (χ0n) is 25.4. The molecule has 0 bridgehead atoms. The van der Waals surface area contributed by atoms with Crippen LogP contribution in [0, 0.1) is 0 Å². The Bertz CT molecular complexity index is 593. The lowest BCUT2D eigenvalue weighted by Crippen LogP contribution is -1.94. The van der Waals surface area contributed by atoms with Crippen LogP contribution in [0.25, 0.3) is 0 Å². The van der Waals surface area contributed by atoms with Crippen molar-refractivity contribution in [2.75, 3.05) is 31.5 Å². The number of hydrogen-bond acceptors (Lipinski definition) is 9. The van der Waals surface area contributed by atoms with E-state index in [1.54, 1.807) is 0 Å². The quantitative estimate of drug-likeness (QED) is 0.0494. The van der Waals surface area contributed by atoms with Crippen molar-refractivity contribution >= 4 is 63.7 Å². The van der Waals surface area contributed by atoms with Gasteiger partial charge in [-0.25, -0.2) is 0 Å². The summed E-state index contributed by atoms with van der Waals surface area (Å²) in [5.74, 6) is -0.653. The molecular formula is C27H58O6P2S4. The molecule has 1 N–H and O–H groups in total. The predicted molar refractivity (Wildman–Crippen MR) is 182 cm³/mol. The molecule has 0 fully saturated rings. The van der Waals surface area contributed by atoms with Crippen LogP contribution in [0.4, 0.5) is 0 Å². The molecule has 0 rings (SSSR count). The van der Waals surface area contributed by atoms with Gasteiger partial charge in [0.25, 0.3) is 0 Å². The Kier molecular flexibility index (Phi) is 33.5. The molecule has 0 aliphatic rings. The Balaban J connectivity index is 0. The molecule has 0 aromatic rings. The van der Waals surface area contributed by atoms with Gasteiger partial charge < -0.3 is 23.2 Å². The minimum atomic E-state index is -2.25. The lowest BCUT2D eigenvalue weighted by molar-refractivity contribution is -0.137. The van der Waals surface area contributed by atoms with E-state index in [1.807, 2.05) is 27.7 Å². The molecular weight excluding hydrogens is 611 g/mol. The molecule has 236 valence electrons. The third kappa shape index (κ3) is 30.6. The van der Waals surface area contributed by atoms with E-state index < -0.39 is 17.4 Å². The van der Waals surface area contributed by atoms with Crippen LogP contribution in [0.3, 0.4) is 0 Å². The molecule has 0 amide bonds. The van der Waals surface area contributed by atoms with Crippen LogP contribution in [-0.2, 0) is 46.5 Å². The highest BCUT2D eigenvalue weighted by molar-refractivity contribution is 8.76. The normalized spacial score (nSPS) is 11.8. The largest absolute Gasteiger partial charge is 0.481 e. The highest BCUT2D eigenvalue weighted by Gasteiger charge is 2.23. The summed E-state index contributed by atoms with van der Waals surface area (Å²) in [5.41, 5.74) is -4.51. The highest BCUT2D eigenvalue weighted by atomic mass is 32.9.